The lowest BCUT2D eigenvalue weighted by Crippen LogP contribution is -2.38. The Balaban J connectivity index is 1.91. The van der Waals surface area contributed by atoms with Gasteiger partial charge in [0.15, 0.2) is 0 Å². The Labute approximate surface area is 170 Å². The molecule has 0 amide bonds. The molecule has 2 aromatic heterocycles. The Bertz CT molecular complexity index is 950. The number of ether oxygens (including phenoxy) is 1. The van der Waals surface area contributed by atoms with Crippen molar-refractivity contribution in [3.8, 4) is 0 Å². The van der Waals surface area contributed by atoms with Crippen LogP contribution in [-0.2, 0) is 14.9 Å². The number of aromatic nitrogens is 2. The summed E-state index contributed by atoms with van der Waals surface area (Å²) in [5, 5.41) is 2.35. The lowest BCUT2D eigenvalue weighted by Gasteiger charge is -2.32. The molecule has 1 aliphatic heterocycles. The first kappa shape index (κ1) is 18.9. The van der Waals surface area contributed by atoms with Crippen molar-refractivity contribution in [1.29, 1.82) is 0 Å². The molecule has 28 heavy (non-hydrogen) atoms. The molecule has 1 aliphatic carbocycles. The number of carbonyl (C=O) groups excluding carboxylic acids is 1. The molecule has 146 valence electrons. The van der Waals surface area contributed by atoms with Crippen molar-refractivity contribution >= 4 is 34.2 Å². The molecule has 0 bridgehead atoms. The van der Waals surface area contributed by atoms with Crippen LogP contribution in [0.5, 0.6) is 0 Å². The lowest BCUT2D eigenvalue weighted by molar-refractivity contribution is -0.148. The van der Waals surface area contributed by atoms with Gasteiger partial charge < -0.3 is 9.64 Å². The monoisotopic (exact) mass is 397 g/mol. The topological polar surface area (TPSA) is 55.3 Å². The summed E-state index contributed by atoms with van der Waals surface area (Å²) in [7, 11) is 0. The minimum Gasteiger partial charge on any atom is -0.465 e. The molecule has 0 saturated carbocycles. The zero-order chi connectivity index (χ0) is 19.6. The molecule has 1 fully saturated rings. The van der Waals surface area contributed by atoms with Crippen molar-refractivity contribution in [2.24, 2.45) is 0 Å². The van der Waals surface area contributed by atoms with E-state index in [0.717, 1.165) is 42.5 Å². The Morgan fingerprint density at radius 2 is 2.07 bits per heavy atom. The normalized spacial score (nSPS) is 21.9. The quantitative estimate of drug-likeness (QED) is 0.557. The minimum atomic E-state index is -0.914. The molecule has 6 heteroatoms. The van der Waals surface area contributed by atoms with Crippen molar-refractivity contribution in [3.63, 3.8) is 0 Å². The van der Waals surface area contributed by atoms with E-state index in [1.54, 1.807) is 6.20 Å². The predicted octanol–water partition coefficient (Wildman–Crippen LogP) is 4.59. The molecule has 0 radical (unpaired) electrons. The first-order valence-corrected chi connectivity index (χ1v) is 10.2. The molecule has 0 N–H and O–H groups in total. The van der Waals surface area contributed by atoms with Crippen molar-refractivity contribution in [2.75, 3.05) is 24.6 Å². The van der Waals surface area contributed by atoms with Gasteiger partial charge in [0.25, 0.3) is 0 Å². The fraction of sp³-hybridized carbons (Fsp3) is 0.409. The van der Waals surface area contributed by atoms with Crippen LogP contribution in [0.3, 0.4) is 0 Å². The second kappa shape index (κ2) is 7.92. The summed E-state index contributed by atoms with van der Waals surface area (Å²) in [6.07, 6.45) is 13.5. The third kappa shape index (κ3) is 3.39. The van der Waals surface area contributed by atoms with E-state index in [-0.39, 0.29) is 5.97 Å². The van der Waals surface area contributed by atoms with E-state index < -0.39 is 5.41 Å². The molecule has 4 rings (SSSR count). The van der Waals surface area contributed by atoms with Gasteiger partial charge in [-0.15, -0.1) is 0 Å². The summed E-state index contributed by atoms with van der Waals surface area (Å²) in [4.78, 5) is 24.6. The van der Waals surface area contributed by atoms with Gasteiger partial charge in [-0.2, -0.15) is 0 Å². The largest absolute Gasteiger partial charge is 0.465 e. The molecule has 1 saturated heterocycles. The first-order chi connectivity index (χ1) is 13.6. The molecule has 0 aromatic carbocycles. The van der Waals surface area contributed by atoms with Gasteiger partial charge in [0.2, 0.25) is 0 Å². The van der Waals surface area contributed by atoms with Gasteiger partial charge in [-0.05, 0) is 44.7 Å². The minimum absolute atomic E-state index is 0.269. The van der Waals surface area contributed by atoms with Crippen molar-refractivity contribution in [1.82, 2.24) is 9.97 Å². The Morgan fingerprint density at radius 1 is 1.25 bits per heavy atom. The average molecular weight is 398 g/mol. The van der Waals surface area contributed by atoms with Gasteiger partial charge in [0.05, 0.1) is 12.3 Å². The van der Waals surface area contributed by atoms with Gasteiger partial charge in [-0.3, -0.25) is 4.79 Å². The standard InChI is InChI=1S/C22H24ClN3O2/c1-2-28-21(27)22(9-5-3-6-10-22)18-13-16-15-24-19(23)14-17(16)20(25-18)26-11-7-4-8-12-26/h3,5-6,9,13-15H,2,4,7-8,10-12H2,1H3/t22-/m0/s1. The number of esters is 1. The number of fused-ring (bicyclic) bond motifs is 1. The summed E-state index contributed by atoms with van der Waals surface area (Å²) < 4.78 is 5.44. The highest BCUT2D eigenvalue weighted by Gasteiger charge is 2.41. The average Bonchev–Trinajstić information content (AvgIpc) is 2.74. The molecular formula is C22H24ClN3O2. The van der Waals surface area contributed by atoms with E-state index in [1.165, 1.54) is 6.42 Å². The van der Waals surface area contributed by atoms with Gasteiger partial charge in [0, 0.05) is 30.1 Å². The van der Waals surface area contributed by atoms with Crippen LogP contribution in [0.25, 0.3) is 10.8 Å². The molecule has 0 unspecified atom stereocenters. The number of pyridine rings is 2. The van der Waals surface area contributed by atoms with Crippen LogP contribution in [0.15, 0.2) is 42.6 Å². The van der Waals surface area contributed by atoms with E-state index >= 15 is 0 Å². The third-order valence-electron chi connectivity index (χ3n) is 5.48. The molecule has 0 spiro atoms. The van der Waals surface area contributed by atoms with E-state index in [1.807, 2.05) is 43.4 Å². The maximum Gasteiger partial charge on any atom is 0.322 e. The Kier molecular flexibility index (Phi) is 5.36. The third-order valence-corrected chi connectivity index (χ3v) is 5.69. The van der Waals surface area contributed by atoms with Gasteiger partial charge in [0.1, 0.15) is 16.4 Å². The maximum absolute atomic E-state index is 13.0. The molecular weight excluding hydrogens is 374 g/mol. The number of rotatable bonds is 4. The number of allylic oxidation sites excluding steroid dienone is 3. The second-order valence-corrected chi connectivity index (χ2v) is 7.68. The molecule has 1 atom stereocenters. The maximum atomic E-state index is 13.0. The van der Waals surface area contributed by atoms with E-state index in [0.29, 0.717) is 23.9 Å². The Hall–Kier alpha value is -2.40. The van der Waals surface area contributed by atoms with Crippen LogP contribution in [0.1, 0.15) is 38.3 Å². The van der Waals surface area contributed by atoms with Crippen LogP contribution >= 0.6 is 11.6 Å². The predicted molar refractivity (Wildman–Crippen MR) is 112 cm³/mol. The highest BCUT2D eigenvalue weighted by atomic mass is 35.5. The van der Waals surface area contributed by atoms with Crippen LogP contribution in [-0.4, -0.2) is 35.6 Å². The van der Waals surface area contributed by atoms with Crippen LogP contribution in [0, 0.1) is 0 Å². The summed E-state index contributed by atoms with van der Waals surface area (Å²) >= 11 is 6.19. The summed E-state index contributed by atoms with van der Waals surface area (Å²) in [6.45, 7) is 4.07. The molecule has 5 nitrogen and oxygen atoms in total. The van der Waals surface area contributed by atoms with Crippen molar-refractivity contribution < 1.29 is 9.53 Å². The van der Waals surface area contributed by atoms with Crippen molar-refractivity contribution in [2.45, 2.75) is 38.0 Å². The fourth-order valence-corrected chi connectivity index (χ4v) is 4.16. The highest BCUT2D eigenvalue weighted by molar-refractivity contribution is 6.30. The van der Waals surface area contributed by atoms with Gasteiger partial charge >= 0.3 is 5.97 Å². The smallest absolute Gasteiger partial charge is 0.322 e. The summed E-state index contributed by atoms with van der Waals surface area (Å²) in [6, 6.07) is 3.82. The van der Waals surface area contributed by atoms with E-state index in [9.17, 15) is 4.79 Å². The van der Waals surface area contributed by atoms with Crippen molar-refractivity contribution in [3.05, 3.63) is 53.5 Å². The number of halogens is 1. The molecule has 2 aromatic rings. The number of piperidine rings is 1. The van der Waals surface area contributed by atoms with E-state index in [2.05, 4.69) is 9.88 Å². The number of hydrogen-bond donors (Lipinski definition) is 0. The van der Waals surface area contributed by atoms with Crippen LogP contribution in [0.4, 0.5) is 5.82 Å². The van der Waals surface area contributed by atoms with Gasteiger partial charge in [-0.25, -0.2) is 9.97 Å². The molecule has 3 heterocycles. The number of hydrogen-bond acceptors (Lipinski definition) is 5. The van der Waals surface area contributed by atoms with E-state index in [4.69, 9.17) is 21.3 Å². The number of carbonyl (C=O) groups is 1. The Morgan fingerprint density at radius 3 is 2.79 bits per heavy atom. The highest BCUT2D eigenvalue weighted by Crippen LogP contribution is 2.38. The fourth-order valence-electron chi connectivity index (χ4n) is 4.00. The number of anilines is 1. The summed E-state index contributed by atoms with van der Waals surface area (Å²) in [5.74, 6) is 0.608. The van der Waals surface area contributed by atoms with Crippen LogP contribution in [0.2, 0.25) is 5.15 Å². The SMILES string of the molecule is CCOC(=O)[C@@]1(c2cc3cnc(Cl)cc3c(N3CCCCC3)n2)C=CC=CC1. The molecule has 2 aliphatic rings. The summed E-state index contributed by atoms with van der Waals surface area (Å²) in [5.41, 5.74) is -0.216. The first-order valence-electron chi connectivity index (χ1n) is 9.87. The number of nitrogens with zero attached hydrogens (tertiary/aromatic N) is 3. The van der Waals surface area contributed by atoms with Crippen LogP contribution < -0.4 is 4.90 Å². The lowest BCUT2D eigenvalue weighted by atomic mass is 9.78. The second-order valence-electron chi connectivity index (χ2n) is 7.29. The zero-order valence-corrected chi connectivity index (χ0v) is 16.8. The zero-order valence-electron chi connectivity index (χ0n) is 16.0. The van der Waals surface area contributed by atoms with Gasteiger partial charge in [-0.1, -0.05) is 35.9 Å².